The summed E-state index contributed by atoms with van der Waals surface area (Å²) in [5.41, 5.74) is 8.15. The molecule has 0 spiro atoms. The number of unbranched alkanes of at least 4 members (excludes halogenated alkanes) is 2. The number of methoxy groups -OCH3 is 1. The second-order valence-corrected chi connectivity index (χ2v) is 7.23. The third-order valence-electron chi connectivity index (χ3n) is 5.24. The van der Waals surface area contributed by atoms with E-state index in [-0.39, 0.29) is 11.9 Å². The molecular weight excluding hydrogens is 350 g/mol. The SMILES string of the molecule is COC(=O)CCCCCNC(=O)C=C1c2cccc(C)c2-c2c(C)cccc21. The van der Waals surface area contributed by atoms with E-state index in [0.29, 0.717) is 13.0 Å². The lowest BCUT2D eigenvalue weighted by Gasteiger charge is -2.07. The second kappa shape index (κ2) is 8.87. The van der Waals surface area contributed by atoms with E-state index in [9.17, 15) is 9.59 Å². The first-order valence-corrected chi connectivity index (χ1v) is 9.79. The van der Waals surface area contributed by atoms with E-state index in [1.807, 2.05) is 12.1 Å². The molecule has 146 valence electrons. The van der Waals surface area contributed by atoms with Crippen molar-refractivity contribution in [2.45, 2.75) is 39.5 Å². The molecule has 0 saturated carbocycles. The third-order valence-corrected chi connectivity index (χ3v) is 5.24. The zero-order valence-corrected chi connectivity index (χ0v) is 16.8. The molecule has 4 heteroatoms. The highest BCUT2D eigenvalue weighted by atomic mass is 16.5. The largest absolute Gasteiger partial charge is 0.469 e. The van der Waals surface area contributed by atoms with Gasteiger partial charge in [-0.3, -0.25) is 9.59 Å². The summed E-state index contributed by atoms with van der Waals surface area (Å²) in [5.74, 6) is -0.261. The fraction of sp³-hybridized carbons (Fsp3) is 0.333. The van der Waals surface area contributed by atoms with Crippen LogP contribution in [0.3, 0.4) is 0 Å². The quantitative estimate of drug-likeness (QED) is 0.373. The van der Waals surface area contributed by atoms with Crippen LogP contribution < -0.4 is 5.32 Å². The predicted molar refractivity (Wildman–Crippen MR) is 112 cm³/mol. The molecule has 0 atom stereocenters. The summed E-state index contributed by atoms with van der Waals surface area (Å²) < 4.78 is 4.63. The zero-order chi connectivity index (χ0) is 20.1. The van der Waals surface area contributed by atoms with E-state index < -0.39 is 0 Å². The van der Waals surface area contributed by atoms with Crippen LogP contribution in [-0.2, 0) is 14.3 Å². The van der Waals surface area contributed by atoms with Crippen molar-refractivity contribution in [1.29, 1.82) is 0 Å². The third kappa shape index (κ3) is 4.16. The molecule has 1 N–H and O–H groups in total. The summed E-state index contributed by atoms with van der Waals surface area (Å²) in [4.78, 5) is 23.6. The molecule has 0 bridgehead atoms. The van der Waals surface area contributed by atoms with Crippen LogP contribution in [0.1, 0.15) is 47.9 Å². The molecule has 1 aliphatic rings. The molecule has 0 aromatic heterocycles. The Morgan fingerprint density at radius 2 is 1.54 bits per heavy atom. The standard InChI is InChI=1S/C24H27NO3/c1-16-9-7-11-18-20(19-12-8-10-17(2)24(19)23(16)18)15-21(26)25-14-6-4-5-13-22(27)28-3/h7-12,15H,4-6,13-14H2,1-3H3,(H,25,26). The normalized spacial score (nSPS) is 11.6. The van der Waals surface area contributed by atoms with Crippen molar-refractivity contribution >= 4 is 17.4 Å². The van der Waals surface area contributed by atoms with Gasteiger partial charge >= 0.3 is 5.97 Å². The van der Waals surface area contributed by atoms with Crippen LogP contribution in [0.25, 0.3) is 16.7 Å². The summed E-state index contributed by atoms with van der Waals surface area (Å²) in [7, 11) is 1.40. The fourth-order valence-electron chi connectivity index (χ4n) is 3.82. The van der Waals surface area contributed by atoms with E-state index >= 15 is 0 Å². The molecule has 0 aliphatic heterocycles. The van der Waals surface area contributed by atoms with Crippen molar-refractivity contribution < 1.29 is 14.3 Å². The number of fused-ring (bicyclic) bond motifs is 3. The Bertz CT molecular complexity index is 874. The van der Waals surface area contributed by atoms with Crippen LogP contribution in [-0.4, -0.2) is 25.5 Å². The van der Waals surface area contributed by atoms with Gasteiger partial charge in [0.15, 0.2) is 0 Å². The van der Waals surface area contributed by atoms with Crippen molar-refractivity contribution in [2.24, 2.45) is 0 Å². The van der Waals surface area contributed by atoms with Crippen LogP contribution in [0.5, 0.6) is 0 Å². The van der Waals surface area contributed by atoms with Crippen molar-refractivity contribution in [1.82, 2.24) is 5.32 Å². The van der Waals surface area contributed by atoms with Gasteiger partial charge < -0.3 is 10.1 Å². The minimum Gasteiger partial charge on any atom is -0.469 e. The predicted octanol–water partition coefficient (Wildman–Crippen LogP) is 4.57. The van der Waals surface area contributed by atoms with Crippen molar-refractivity contribution in [3.8, 4) is 11.1 Å². The Kier molecular flexibility index (Phi) is 6.30. The smallest absolute Gasteiger partial charge is 0.305 e. The first kappa shape index (κ1) is 19.9. The molecule has 0 fully saturated rings. The number of amides is 1. The zero-order valence-electron chi connectivity index (χ0n) is 16.8. The van der Waals surface area contributed by atoms with Gasteiger partial charge in [0.2, 0.25) is 5.91 Å². The van der Waals surface area contributed by atoms with Gasteiger partial charge in [0.05, 0.1) is 7.11 Å². The number of hydrogen-bond acceptors (Lipinski definition) is 3. The second-order valence-electron chi connectivity index (χ2n) is 7.23. The van der Waals surface area contributed by atoms with Gasteiger partial charge in [-0.05, 0) is 65.6 Å². The van der Waals surface area contributed by atoms with E-state index in [4.69, 9.17) is 0 Å². The number of ether oxygens (including phenoxy) is 1. The molecule has 0 saturated heterocycles. The van der Waals surface area contributed by atoms with Crippen molar-refractivity contribution in [3.63, 3.8) is 0 Å². The van der Waals surface area contributed by atoms with Crippen molar-refractivity contribution in [3.05, 3.63) is 64.7 Å². The lowest BCUT2D eigenvalue weighted by molar-refractivity contribution is -0.140. The summed E-state index contributed by atoms with van der Waals surface area (Å²) in [6.45, 7) is 4.84. The number of aryl methyl sites for hydroxylation is 2. The van der Waals surface area contributed by atoms with E-state index in [1.54, 1.807) is 6.08 Å². The summed E-state index contributed by atoms with van der Waals surface area (Å²) >= 11 is 0. The topological polar surface area (TPSA) is 55.4 Å². The number of hydrogen-bond donors (Lipinski definition) is 1. The first-order valence-electron chi connectivity index (χ1n) is 9.79. The van der Waals surface area contributed by atoms with Gasteiger partial charge in [0.25, 0.3) is 0 Å². The van der Waals surface area contributed by atoms with Crippen LogP contribution in [0.4, 0.5) is 0 Å². The Balaban J connectivity index is 1.69. The van der Waals surface area contributed by atoms with E-state index in [2.05, 4.69) is 48.2 Å². The van der Waals surface area contributed by atoms with Gasteiger partial charge in [-0.1, -0.05) is 42.8 Å². The van der Waals surface area contributed by atoms with Crippen molar-refractivity contribution in [2.75, 3.05) is 13.7 Å². The molecule has 0 radical (unpaired) electrons. The average molecular weight is 377 g/mol. The lowest BCUT2D eigenvalue weighted by Crippen LogP contribution is -2.22. The van der Waals surface area contributed by atoms with Gasteiger partial charge in [0.1, 0.15) is 0 Å². The van der Waals surface area contributed by atoms with Gasteiger partial charge in [-0.2, -0.15) is 0 Å². The van der Waals surface area contributed by atoms with Gasteiger partial charge in [0, 0.05) is 19.0 Å². The van der Waals surface area contributed by atoms with Gasteiger partial charge in [-0.15, -0.1) is 0 Å². The maximum Gasteiger partial charge on any atom is 0.305 e. The minimum absolute atomic E-state index is 0.0789. The summed E-state index contributed by atoms with van der Waals surface area (Å²) in [5, 5.41) is 2.97. The summed E-state index contributed by atoms with van der Waals surface area (Å²) in [6.07, 6.45) is 4.66. The summed E-state index contributed by atoms with van der Waals surface area (Å²) in [6, 6.07) is 12.5. The number of carbonyl (C=O) groups excluding carboxylic acids is 2. The number of benzene rings is 2. The molecule has 28 heavy (non-hydrogen) atoms. The number of rotatable bonds is 7. The van der Waals surface area contributed by atoms with Crippen LogP contribution in [0.2, 0.25) is 0 Å². The molecule has 2 aromatic carbocycles. The maximum absolute atomic E-state index is 12.5. The van der Waals surface area contributed by atoms with Crippen LogP contribution in [0.15, 0.2) is 42.5 Å². The Labute approximate surface area is 166 Å². The average Bonchev–Trinajstić information content (AvgIpc) is 3.00. The first-order chi connectivity index (χ1) is 13.5. The molecule has 0 unspecified atom stereocenters. The van der Waals surface area contributed by atoms with Gasteiger partial charge in [-0.25, -0.2) is 0 Å². The van der Waals surface area contributed by atoms with Crippen LogP contribution in [0, 0.1) is 13.8 Å². The number of esters is 1. The molecule has 2 aromatic rings. The maximum atomic E-state index is 12.5. The number of nitrogens with one attached hydrogen (secondary N) is 1. The Morgan fingerprint density at radius 3 is 2.11 bits per heavy atom. The Hall–Kier alpha value is -2.88. The minimum atomic E-state index is -0.182. The number of carbonyl (C=O) groups is 2. The molecule has 3 rings (SSSR count). The molecule has 1 amide bonds. The molecule has 1 aliphatic carbocycles. The van der Waals surface area contributed by atoms with Crippen LogP contribution >= 0.6 is 0 Å². The fourth-order valence-corrected chi connectivity index (χ4v) is 3.82. The highest BCUT2D eigenvalue weighted by Crippen LogP contribution is 2.47. The highest BCUT2D eigenvalue weighted by Gasteiger charge is 2.26. The Morgan fingerprint density at radius 1 is 0.929 bits per heavy atom. The monoisotopic (exact) mass is 377 g/mol. The lowest BCUT2D eigenvalue weighted by atomic mass is 9.97. The van der Waals surface area contributed by atoms with E-state index in [0.717, 1.165) is 36.0 Å². The molecule has 4 nitrogen and oxygen atoms in total. The van der Waals surface area contributed by atoms with E-state index in [1.165, 1.54) is 29.4 Å². The molecular formula is C24H27NO3. The molecule has 0 heterocycles. The highest BCUT2D eigenvalue weighted by molar-refractivity contribution is 6.09.